The Kier molecular flexibility index (Phi) is 4.54. The number of rotatable bonds is 3. The van der Waals surface area contributed by atoms with Crippen molar-refractivity contribution < 1.29 is 14.7 Å². The highest BCUT2D eigenvalue weighted by Gasteiger charge is 2.37. The summed E-state index contributed by atoms with van der Waals surface area (Å²) in [5.74, 6) is -1.02. The molecule has 1 aliphatic rings. The molecule has 3 heteroatoms. The van der Waals surface area contributed by atoms with Crippen molar-refractivity contribution in [3.63, 3.8) is 0 Å². The molecule has 0 spiro atoms. The van der Waals surface area contributed by atoms with Gasteiger partial charge in [-0.1, -0.05) is 39.8 Å². The molecule has 27 heavy (non-hydrogen) atoms. The summed E-state index contributed by atoms with van der Waals surface area (Å²) in [6.45, 7) is 12.8. The second-order valence-corrected chi connectivity index (χ2v) is 9.14. The highest BCUT2D eigenvalue weighted by molar-refractivity contribution is 6.10. The lowest BCUT2D eigenvalue weighted by Gasteiger charge is -2.42. The molecule has 0 saturated carbocycles. The van der Waals surface area contributed by atoms with Gasteiger partial charge in [-0.15, -0.1) is 0 Å². The number of hydrogen-bond donors (Lipinski definition) is 1. The van der Waals surface area contributed by atoms with Gasteiger partial charge >= 0.3 is 5.97 Å². The third-order valence-electron chi connectivity index (χ3n) is 6.16. The fourth-order valence-electron chi connectivity index (χ4n) is 4.17. The summed E-state index contributed by atoms with van der Waals surface area (Å²) in [7, 11) is 0. The van der Waals surface area contributed by atoms with Gasteiger partial charge in [0.2, 0.25) is 0 Å². The summed E-state index contributed by atoms with van der Waals surface area (Å²) in [4.78, 5) is 24.4. The zero-order valence-electron chi connectivity index (χ0n) is 17.1. The van der Waals surface area contributed by atoms with Gasteiger partial charge in [0.05, 0.1) is 5.56 Å². The minimum atomic E-state index is -0.972. The number of carboxylic acids is 1. The molecule has 0 heterocycles. The van der Waals surface area contributed by atoms with Crippen molar-refractivity contribution in [3.05, 3.63) is 69.3 Å². The smallest absolute Gasteiger partial charge is 0.335 e. The Morgan fingerprint density at radius 3 is 1.85 bits per heavy atom. The van der Waals surface area contributed by atoms with Gasteiger partial charge in [-0.25, -0.2) is 4.79 Å². The molecule has 2 aromatic carbocycles. The van der Waals surface area contributed by atoms with Crippen molar-refractivity contribution >= 4 is 11.8 Å². The summed E-state index contributed by atoms with van der Waals surface area (Å²) >= 11 is 0. The lowest BCUT2D eigenvalue weighted by atomic mass is 9.62. The molecule has 3 nitrogen and oxygen atoms in total. The first kappa shape index (κ1) is 19.3. The molecule has 0 saturated heterocycles. The Labute approximate surface area is 161 Å². The first-order valence-corrected chi connectivity index (χ1v) is 9.48. The lowest BCUT2D eigenvalue weighted by Crippen LogP contribution is -2.34. The number of aromatic carboxylic acids is 1. The minimum absolute atomic E-state index is 0.0384. The van der Waals surface area contributed by atoms with Gasteiger partial charge in [0.15, 0.2) is 5.78 Å². The highest BCUT2D eigenvalue weighted by Crippen LogP contribution is 2.46. The van der Waals surface area contributed by atoms with Gasteiger partial charge < -0.3 is 5.11 Å². The third-order valence-corrected chi connectivity index (χ3v) is 6.16. The predicted octanol–water partition coefficient (Wildman–Crippen LogP) is 5.58. The quantitative estimate of drug-likeness (QED) is 0.723. The number of carbonyl (C=O) groups is 2. The van der Waals surface area contributed by atoms with E-state index in [-0.39, 0.29) is 22.2 Å². The maximum atomic E-state index is 13.2. The van der Waals surface area contributed by atoms with Crippen LogP contribution in [0.4, 0.5) is 0 Å². The van der Waals surface area contributed by atoms with Gasteiger partial charge in [-0.3, -0.25) is 4.79 Å². The average molecular weight is 364 g/mol. The molecule has 2 aromatic rings. The monoisotopic (exact) mass is 364 g/mol. The summed E-state index contributed by atoms with van der Waals surface area (Å²) in [5.41, 5.74) is 5.80. The Morgan fingerprint density at radius 1 is 0.815 bits per heavy atom. The van der Waals surface area contributed by atoms with Crippen molar-refractivity contribution in [2.45, 2.75) is 65.2 Å². The molecule has 0 aliphatic heterocycles. The average Bonchev–Trinajstić information content (AvgIpc) is 2.57. The van der Waals surface area contributed by atoms with Crippen molar-refractivity contribution in [1.82, 2.24) is 0 Å². The van der Waals surface area contributed by atoms with Crippen LogP contribution in [0.15, 0.2) is 30.3 Å². The lowest BCUT2D eigenvalue weighted by molar-refractivity contribution is 0.0695. The van der Waals surface area contributed by atoms with E-state index >= 15 is 0 Å². The Morgan fingerprint density at radius 2 is 1.33 bits per heavy atom. The maximum absolute atomic E-state index is 13.2. The number of hydrogen-bond acceptors (Lipinski definition) is 2. The standard InChI is InChI=1S/C24H28O3/c1-14-11-16(7-8-17(14)22(26)27)21(25)18-13-20-19(12-15(18)2)23(3,4)9-10-24(20,5)6/h7-8,11-13H,9-10H2,1-6H3,(H,26,27). The molecule has 0 bridgehead atoms. The SMILES string of the molecule is Cc1cc(C(=O)c2cc3c(cc2C)C(C)(C)CCC3(C)C)ccc1C(=O)O. The predicted molar refractivity (Wildman–Crippen MR) is 108 cm³/mol. The van der Waals surface area contributed by atoms with E-state index in [4.69, 9.17) is 0 Å². The molecule has 0 amide bonds. The Bertz CT molecular complexity index is 948. The van der Waals surface area contributed by atoms with Crippen molar-refractivity contribution in [2.75, 3.05) is 0 Å². The Balaban J connectivity index is 2.12. The van der Waals surface area contributed by atoms with Crippen LogP contribution in [-0.2, 0) is 10.8 Å². The van der Waals surface area contributed by atoms with Crippen LogP contribution in [-0.4, -0.2) is 16.9 Å². The van der Waals surface area contributed by atoms with Gasteiger partial charge in [0.1, 0.15) is 0 Å². The van der Waals surface area contributed by atoms with E-state index in [1.165, 1.54) is 17.2 Å². The summed E-state index contributed by atoms with van der Waals surface area (Å²) in [6, 6.07) is 9.08. The van der Waals surface area contributed by atoms with Gasteiger partial charge in [0, 0.05) is 11.1 Å². The second kappa shape index (κ2) is 6.33. The van der Waals surface area contributed by atoms with E-state index in [1.54, 1.807) is 19.1 Å². The van der Waals surface area contributed by atoms with Crippen LogP contribution >= 0.6 is 0 Å². The van der Waals surface area contributed by atoms with Crippen LogP contribution in [0.5, 0.6) is 0 Å². The van der Waals surface area contributed by atoms with Gasteiger partial charge in [-0.2, -0.15) is 0 Å². The van der Waals surface area contributed by atoms with E-state index in [9.17, 15) is 14.7 Å². The summed E-state index contributed by atoms with van der Waals surface area (Å²) < 4.78 is 0. The minimum Gasteiger partial charge on any atom is -0.478 e. The number of benzene rings is 2. The molecular weight excluding hydrogens is 336 g/mol. The van der Waals surface area contributed by atoms with Crippen LogP contribution < -0.4 is 0 Å². The first-order chi connectivity index (χ1) is 12.4. The van der Waals surface area contributed by atoms with Crippen molar-refractivity contribution in [3.8, 4) is 0 Å². The first-order valence-electron chi connectivity index (χ1n) is 9.48. The second-order valence-electron chi connectivity index (χ2n) is 9.14. The molecule has 0 fully saturated rings. The normalized spacial score (nSPS) is 17.3. The number of ketones is 1. The highest BCUT2D eigenvalue weighted by atomic mass is 16.4. The van der Waals surface area contributed by atoms with Gasteiger partial charge in [-0.05, 0) is 78.0 Å². The van der Waals surface area contributed by atoms with Crippen LogP contribution in [0.2, 0.25) is 0 Å². The molecule has 0 aromatic heterocycles. The fourth-order valence-corrected chi connectivity index (χ4v) is 4.17. The summed E-state index contributed by atoms with van der Waals surface area (Å²) in [6.07, 6.45) is 2.23. The number of carboxylic acid groups (broad SMARTS) is 1. The van der Waals surface area contributed by atoms with E-state index in [0.717, 1.165) is 18.4 Å². The molecule has 0 radical (unpaired) electrons. The molecule has 1 N–H and O–H groups in total. The number of aryl methyl sites for hydroxylation is 2. The number of fused-ring (bicyclic) bond motifs is 1. The third kappa shape index (κ3) is 3.31. The zero-order valence-corrected chi connectivity index (χ0v) is 17.1. The summed E-state index contributed by atoms with van der Waals surface area (Å²) in [5, 5.41) is 9.21. The van der Waals surface area contributed by atoms with E-state index in [1.807, 2.05) is 6.92 Å². The number of carbonyl (C=O) groups excluding carboxylic acids is 1. The molecule has 142 valence electrons. The molecule has 0 unspecified atom stereocenters. The largest absolute Gasteiger partial charge is 0.478 e. The molecular formula is C24H28O3. The van der Waals surface area contributed by atoms with Crippen LogP contribution in [0.1, 0.15) is 89.1 Å². The van der Waals surface area contributed by atoms with Gasteiger partial charge in [0.25, 0.3) is 0 Å². The van der Waals surface area contributed by atoms with Crippen molar-refractivity contribution in [1.29, 1.82) is 0 Å². The Hall–Kier alpha value is -2.42. The molecule has 3 rings (SSSR count). The van der Waals surface area contributed by atoms with Crippen LogP contribution in [0.3, 0.4) is 0 Å². The van der Waals surface area contributed by atoms with E-state index < -0.39 is 5.97 Å². The van der Waals surface area contributed by atoms with E-state index in [2.05, 4.69) is 39.8 Å². The fraction of sp³-hybridized carbons (Fsp3) is 0.417. The van der Waals surface area contributed by atoms with Crippen LogP contribution in [0, 0.1) is 13.8 Å². The molecule has 0 atom stereocenters. The zero-order chi connectivity index (χ0) is 20.1. The maximum Gasteiger partial charge on any atom is 0.335 e. The van der Waals surface area contributed by atoms with Crippen molar-refractivity contribution in [2.24, 2.45) is 0 Å². The van der Waals surface area contributed by atoms with Crippen LogP contribution in [0.25, 0.3) is 0 Å². The molecule has 1 aliphatic carbocycles. The van der Waals surface area contributed by atoms with E-state index in [0.29, 0.717) is 16.7 Å². The topological polar surface area (TPSA) is 54.4 Å².